The summed E-state index contributed by atoms with van der Waals surface area (Å²) in [6.07, 6.45) is 0. The third-order valence-corrected chi connectivity index (χ3v) is 6.91. The highest BCUT2D eigenvalue weighted by Crippen LogP contribution is 2.61. The minimum atomic E-state index is -0.321. The van der Waals surface area contributed by atoms with Crippen LogP contribution in [-0.4, -0.2) is 11.8 Å². The second-order valence-corrected chi connectivity index (χ2v) is 8.62. The molecule has 2 atom stereocenters. The number of rotatable bonds is 1. The summed E-state index contributed by atoms with van der Waals surface area (Å²) in [7, 11) is 0. The van der Waals surface area contributed by atoms with E-state index < -0.39 is 0 Å². The summed E-state index contributed by atoms with van der Waals surface area (Å²) < 4.78 is 0. The van der Waals surface area contributed by atoms with Crippen molar-refractivity contribution in [1.29, 1.82) is 0 Å². The molecule has 3 aliphatic carbocycles. The van der Waals surface area contributed by atoms with E-state index >= 15 is 0 Å². The van der Waals surface area contributed by atoms with E-state index in [9.17, 15) is 9.59 Å². The summed E-state index contributed by atoms with van der Waals surface area (Å²) >= 11 is 0. The number of aryl methyl sites for hydroxylation is 2. The molecule has 2 amide bonds. The lowest BCUT2D eigenvalue weighted by atomic mass is 9.55. The smallest absolute Gasteiger partial charge is 0.238 e. The van der Waals surface area contributed by atoms with Gasteiger partial charge in [0.05, 0.1) is 17.5 Å². The van der Waals surface area contributed by atoms with Crippen LogP contribution in [0.5, 0.6) is 0 Å². The van der Waals surface area contributed by atoms with Crippen LogP contribution in [0.2, 0.25) is 0 Å². The monoisotopic (exact) mass is 379 g/mol. The van der Waals surface area contributed by atoms with Crippen LogP contribution in [0.3, 0.4) is 0 Å². The molecule has 0 unspecified atom stereocenters. The van der Waals surface area contributed by atoms with Crippen molar-refractivity contribution in [3.05, 3.63) is 100 Å². The number of carbonyl (C=O) groups excluding carboxylic acids is 2. The molecule has 4 aliphatic rings. The summed E-state index contributed by atoms with van der Waals surface area (Å²) in [4.78, 5) is 28.8. The maximum Gasteiger partial charge on any atom is 0.238 e. The molecular weight excluding hydrogens is 358 g/mol. The first kappa shape index (κ1) is 16.7. The second-order valence-electron chi connectivity index (χ2n) is 8.62. The fourth-order valence-corrected chi connectivity index (χ4v) is 6.01. The van der Waals surface area contributed by atoms with Crippen LogP contribution >= 0.6 is 0 Å². The topological polar surface area (TPSA) is 37.4 Å². The number of hydrogen-bond donors (Lipinski definition) is 0. The van der Waals surface area contributed by atoms with Crippen LogP contribution in [0.25, 0.3) is 0 Å². The molecule has 1 aliphatic heterocycles. The average Bonchev–Trinajstić information content (AvgIpc) is 2.98. The van der Waals surface area contributed by atoms with E-state index in [-0.39, 0.29) is 35.5 Å². The fraction of sp³-hybridized carbons (Fsp3) is 0.231. The molecule has 3 aromatic carbocycles. The highest BCUT2D eigenvalue weighted by molar-refractivity contribution is 6.23. The number of anilines is 1. The Balaban J connectivity index is 1.57. The largest absolute Gasteiger partial charge is 0.274 e. The first-order chi connectivity index (χ1) is 14.1. The molecule has 2 bridgehead atoms. The zero-order valence-electron chi connectivity index (χ0n) is 16.4. The van der Waals surface area contributed by atoms with Crippen LogP contribution in [0.4, 0.5) is 5.69 Å². The molecule has 0 radical (unpaired) electrons. The Kier molecular flexibility index (Phi) is 3.27. The number of benzene rings is 3. The van der Waals surface area contributed by atoms with Crippen molar-refractivity contribution >= 4 is 17.5 Å². The molecule has 1 saturated heterocycles. The minimum absolute atomic E-state index is 0.0512. The number of amides is 2. The van der Waals surface area contributed by atoms with Gasteiger partial charge in [0.1, 0.15) is 0 Å². The zero-order chi connectivity index (χ0) is 19.9. The summed E-state index contributed by atoms with van der Waals surface area (Å²) in [5, 5.41) is 0. The van der Waals surface area contributed by atoms with Crippen molar-refractivity contribution in [2.24, 2.45) is 11.8 Å². The molecule has 0 spiro atoms. The van der Waals surface area contributed by atoms with Crippen molar-refractivity contribution in [1.82, 2.24) is 0 Å². The molecule has 3 nitrogen and oxygen atoms in total. The maximum atomic E-state index is 13.7. The molecule has 3 heteroatoms. The third-order valence-electron chi connectivity index (χ3n) is 6.91. The van der Waals surface area contributed by atoms with Gasteiger partial charge in [-0.2, -0.15) is 0 Å². The first-order valence-electron chi connectivity index (χ1n) is 10.2. The van der Waals surface area contributed by atoms with Gasteiger partial charge in [-0.25, -0.2) is 4.90 Å². The van der Waals surface area contributed by atoms with Gasteiger partial charge in [-0.1, -0.05) is 54.6 Å². The van der Waals surface area contributed by atoms with Gasteiger partial charge < -0.3 is 0 Å². The molecule has 0 saturated carbocycles. The molecule has 3 aromatic rings. The van der Waals surface area contributed by atoms with Crippen molar-refractivity contribution in [2.75, 3.05) is 4.90 Å². The van der Waals surface area contributed by atoms with Crippen LogP contribution in [0.1, 0.15) is 45.2 Å². The lowest BCUT2D eigenvalue weighted by Gasteiger charge is -2.45. The van der Waals surface area contributed by atoms with Crippen LogP contribution in [0.15, 0.2) is 66.7 Å². The van der Waals surface area contributed by atoms with E-state index in [1.807, 2.05) is 50.2 Å². The van der Waals surface area contributed by atoms with Crippen molar-refractivity contribution in [3.8, 4) is 0 Å². The van der Waals surface area contributed by atoms with Gasteiger partial charge in [0.2, 0.25) is 11.8 Å². The molecule has 0 aromatic heterocycles. The Bertz CT molecular complexity index is 1080. The van der Waals surface area contributed by atoms with Crippen molar-refractivity contribution in [2.45, 2.75) is 25.7 Å². The number of hydrogen-bond acceptors (Lipinski definition) is 2. The second kappa shape index (κ2) is 5.66. The Morgan fingerprint density at radius 1 is 0.621 bits per heavy atom. The minimum Gasteiger partial charge on any atom is -0.274 e. The van der Waals surface area contributed by atoms with E-state index in [4.69, 9.17) is 0 Å². The zero-order valence-corrected chi connectivity index (χ0v) is 16.4. The van der Waals surface area contributed by atoms with E-state index in [0.29, 0.717) is 5.69 Å². The normalized spacial score (nSPS) is 26.3. The average molecular weight is 379 g/mol. The summed E-state index contributed by atoms with van der Waals surface area (Å²) in [6, 6.07) is 22.7. The predicted octanol–water partition coefficient (Wildman–Crippen LogP) is 4.70. The Morgan fingerprint density at radius 3 is 1.38 bits per heavy atom. The molecule has 1 fully saturated rings. The van der Waals surface area contributed by atoms with E-state index in [1.165, 1.54) is 27.2 Å². The van der Waals surface area contributed by atoms with Gasteiger partial charge in [-0.3, -0.25) is 9.59 Å². The molecule has 0 N–H and O–H groups in total. The number of nitrogens with zero attached hydrogens (tertiary/aromatic N) is 1. The number of imide groups is 1. The SMILES string of the molecule is Cc1cc(C)cc(N2C(=O)[C@H]3C4c5ccccc5C(c5ccccc54)[C@@H]3C2=O)c1. The standard InChI is InChI=1S/C26H21NO2/c1-14-11-15(2)13-16(12-14)27-25(28)23-21-17-7-3-4-8-18(17)22(24(23)26(27)29)20-10-6-5-9-19(20)21/h3-13,21-24H,1-2H3/t21?,22?,23-,24-/m0/s1. The molecule has 7 rings (SSSR count). The van der Waals surface area contributed by atoms with Crippen molar-refractivity contribution in [3.63, 3.8) is 0 Å². The Labute approximate surface area is 170 Å². The molecule has 142 valence electrons. The first-order valence-corrected chi connectivity index (χ1v) is 10.2. The molecule has 1 heterocycles. The van der Waals surface area contributed by atoms with Crippen LogP contribution < -0.4 is 4.90 Å². The van der Waals surface area contributed by atoms with E-state index in [0.717, 1.165) is 11.1 Å². The van der Waals surface area contributed by atoms with Crippen LogP contribution in [-0.2, 0) is 9.59 Å². The maximum absolute atomic E-state index is 13.7. The Hall–Kier alpha value is -3.20. The third kappa shape index (κ3) is 2.08. The summed E-state index contributed by atoms with van der Waals surface area (Å²) in [5.41, 5.74) is 7.66. The predicted molar refractivity (Wildman–Crippen MR) is 112 cm³/mol. The van der Waals surface area contributed by atoms with Crippen molar-refractivity contribution < 1.29 is 9.59 Å². The van der Waals surface area contributed by atoms with Gasteiger partial charge in [-0.15, -0.1) is 0 Å². The fourth-order valence-electron chi connectivity index (χ4n) is 6.01. The molecule has 29 heavy (non-hydrogen) atoms. The highest BCUT2D eigenvalue weighted by atomic mass is 16.2. The van der Waals surface area contributed by atoms with E-state index in [1.54, 1.807) is 0 Å². The Morgan fingerprint density at radius 2 is 1.00 bits per heavy atom. The van der Waals surface area contributed by atoms with Gasteiger partial charge in [0, 0.05) is 11.8 Å². The summed E-state index contributed by atoms with van der Waals surface area (Å²) in [6.45, 7) is 4.01. The van der Waals surface area contributed by atoms with E-state index in [2.05, 4.69) is 30.3 Å². The summed E-state index contributed by atoms with van der Waals surface area (Å²) in [5.74, 6) is -0.848. The quantitative estimate of drug-likeness (QED) is 0.575. The highest BCUT2D eigenvalue weighted by Gasteiger charge is 2.61. The lowest BCUT2D eigenvalue weighted by Crippen LogP contribution is -2.41. The van der Waals surface area contributed by atoms with Gasteiger partial charge in [0.15, 0.2) is 0 Å². The van der Waals surface area contributed by atoms with Gasteiger partial charge in [-0.05, 0) is 59.4 Å². The van der Waals surface area contributed by atoms with Gasteiger partial charge in [0.25, 0.3) is 0 Å². The molecular formula is C26H21NO2. The van der Waals surface area contributed by atoms with Crippen LogP contribution in [0, 0.1) is 25.7 Å². The van der Waals surface area contributed by atoms with Gasteiger partial charge >= 0.3 is 0 Å². The lowest BCUT2D eigenvalue weighted by molar-refractivity contribution is -0.122. The number of carbonyl (C=O) groups is 2.